The zero-order valence-electron chi connectivity index (χ0n) is 37.7. The van der Waals surface area contributed by atoms with Crippen LogP contribution < -0.4 is 9.20 Å². The van der Waals surface area contributed by atoms with Crippen LogP contribution in [0.15, 0.2) is 134 Å². The summed E-state index contributed by atoms with van der Waals surface area (Å²) < 4.78 is 60.6. The minimum absolute atomic E-state index is 0.0801. The maximum absolute atomic E-state index is 13.8. The van der Waals surface area contributed by atoms with Crippen LogP contribution in [0.5, 0.6) is 5.75 Å². The summed E-state index contributed by atoms with van der Waals surface area (Å²) in [6.07, 6.45) is 8.78. The van der Waals surface area contributed by atoms with E-state index in [1.807, 2.05) is 66.7 Å². The summed E-state index contributed by atoms with van der Waals surface area (Å²) >= 11 is -0.390. The van der Waals surface area contributed by atoms with E-state index in [1.165, 1.54) is 5.39 Å². The van der Waals surface area contributed by atoms with Crippen molar-refractivity contribution in [3.8, 4) is 5.75 Å². The minimum atomic E-state index is -2.39. The second-order valence-corrected chi connectivity index (χ2v) is 25.4. The number of methoxy groups -OCH3 is 1. The molecule has 2 fully saturated rings. The predicted molar refractivity (Wildman–Crippen MR) is 251 cm³/mol. The molecule has 0 aromatic heterocycles. The Morgan fingerprint density at radius 3 is 2.41 bits per heavy atom. The molecule has 4 aromatic rings. The van der Waals surface area contributed by atoms with Crippen LogP contribution >= 0.6 is 0 Å². The first-order valence-electron chi connectivity index (χ1n) is 22.4. The molecule has 4 aliphatic rings. The van der Waals surface area contributed by atoms with Crippen LogP contribution in [0, 0.1) is 0 Å². The Kier molecular flexibility index (Phi) is 15.4. The van der Waals surface area contributed by atoms with Gasteiger partial charge in [-0.25, -0.2) is 0 Å². The van der Waals surface area contributed by atoms with Crippen molar-refractivity contribution in [2.45, 2.75) is 126 Å². The van der Waals surface area contributed by atoms with Gasteiger partial charge in [-0.1, -0.05) is 69.3 Å². The van der Waals surface area contributed by atoms with Gasteiger partial charge in [0.15, 0.2) is 0 Å². The van der Waals surface area contributed by atoms with Crippen molar-refractivity contribution in [2.24, 2.45) is 0 Å². The van der Waals surface area contributed by atoms with Gasteiger partial charge in [-0.15, -0.1) is 0 Å². The van der Waals surface area contributed by atoms with Crippen LogP contribution in [-0.2, 0) is 49.0 Å². The molecule has 2 saturated heterocycles. The Morgan fingerprint density at radius 2 is 1.61 bits per heavy atom. The van der Waals surface area contributed by atoms with Gasteiger partial charge >= 0.3 is 283 Å². The Morgan fingerprint density at radius 1 is 0.828 bits per heavy atom. The molecule has 340 valence electrons. The number of hydrogen-bond acceptors (Lipinski definition) is 10. The maximum atomic E-state index is 13.8. The van der Waals surface area contributed by atoms with Gasteiger partial charge in [-0.2, -0.15) is 0 Å². The molecule has 4 heterocycles. The van der Waals surface area contributed by atoms with Gasteiger partial charge in [0.2, 0.25) is 0 Å². The zero-order valence-corrected chi connectivity index (χ0v) is 40.4. The molecule has 0 spiro atoms. The van der Waals surface area contributed by atoms with Crippen molar-refractivity contribution >= 4 is 43.2 Å². The fourth-order valence-electron chi connectivity index (χ4n) is 8.35. The number of carbonyl (C=O) groups excluding carboxylic acids is 1. The molecule has 12 heteroatoms. The van der Waals surface area contributed by atoms with Crippen LogP contribution in [0.4, 0.5) is 0 Å². The van der Waals surface area contributed by atoms with E-state index in [1.54, 1.807) is 13.4 Å². The first kappa shape index (κ1) is 46.6. The van der Waals surface area contributed by atoms with E-state index < -0.39 is 66.2 Å². The molecular weight excluding hydrogens is 892 g/mol. The third-order valence-corrected chi connectivity index (χ3v) is 19.3. The Balaban J connectivity index is 1.05. The van der Waals surface area contributed by atoms with Crippen LogP contribution in [0.2, 0.25) is 18.1 Å². The Labute approximate surface area is 385 Å². The molecule has 64 heavy (non-hydrogen) atoms. The summed E-state index contributed by atoms with van der Waals surface area (Å²) in [6, 6.07) is 32.3. The average Bonchev–Trinajstić information content (AvgIpc) is 3.53. The standard InChI is InChI=1S/C52H62O10SeSi/c1-52(2,3)64(5,6)62-49-44(59-43-22-12-13-30-56-48(43)50(49)57-33-37-18-14-17-35-16-10-11-21-40(35)37)29-31-55-41-23-15-24-42-46(34-58-51(61-42)36-25-27-38(54-4)28-26-36)60-45(41)32-47(53)63-39-19-8-7-9-20-39/h7-21,24-29,31,41-46,48-51H,22-23,30,32-34H2,1-6H3/b24-15-,31-29+/t41-,42+,43+,44-,45+,46-,48+,49-,50-,51-/m1/s1. The Bertz CT molecular complexity index is 2240. The van der Waals surface area contributed by atoms with Gasteiger partial charge in [-0.3, -0.25) is 0 Å². The van der Waals surface area contributed by atoms with E-state index in [4.69, 9.17) is 42.3 Å². The van der Waals surface area contributed by atoms with Gasteiger partial charge in [-0.05, 0) is 16.3 Å². The SMILES string of the molecule is COc1ccc([C@@H]2OC[C@H]3O[C@@H](CC(=O)[Se]c4ccccc4)[C@H](O/C=C/[C@H]4O[C@H]5CC=CCO[C@@H]5[C@@H](OCc5cccc6ccccc56)[C@@H]4O[Si](C)(C)C(C)(C)C)C/C=C\[C@@H]3O2)cc1. The summed E-state index contributed by atoms with van der Waals surface area (Å²) in [6.45, 7) is 12.4. The zero-order chi connectivity index (χ0) is 44.7. The van der Waals surface area contributed by atoms with E-state index in [0.29, 0.717) is 26.1 Å². The van der Waals surface area contributed by atoms with Crippen molar-refractivity contribution < 1.29 is 47.1 Å². The van der Waals surface area contributed by atoms with E-state index in [2.05, 4.69) is 94.6 Å². The first-order valence-corrected chi connectivity index (χ1v) is 27.1. The molecule has 0 radical (unpaired) electrons. The molecule has 0 unspecified atom stereocenters. The predicted octanol–water partition coefficient (Wildman–Crippen LogP) is 8.91. The van der Waals surface area contributed by atoms with E-state index >= 15 is 0 Å². The number of ether oxygens (including phenoxy) is 8. The molecule has 8 rings (SSSR count). The fraction of sp³-hybridized carbons (Fsp3) is 0.442. The van der Waals surface area contributed by atoms with Crippen molar-refractivity contribution in [1.82, 2.24) is 0 Å². The summed E-state index contributed by atoms with van der Waals surface area (Å²) in [4.78, 5) is 13.8. The number of carbonyl (C=O) groups is 1. The van der Waals surface area contributed by atoms with Gasteiger partial charge < -0.3 is 4.74 Å². The molecule has 10 atom stereocenters. The van der Waals surface area contributed by atoms with E-state index in [9.17, 15) is 4.79 Å². The molecule has 4 aliphatic heterocycles. The summed E-state index contributed by atoms with van der Waals surface area (Å²) in [5, 5.41) is 2.25. The molecule has 4 aromatic carbocycles. The number of benzene rings is 4. The summed E-state index contributed by atoms with van der Waals surface area (Å²) in [5.41, 5.74) is 1.99. The second kappa shape index (κ2) is 21.2. The first-order chi connectivity index (χ1) is 31.0. The van der Waals surface area contributed by atoms with Crippen LogP contribution in [0.25, 0.3) is 10.8 Å². The van der Waals surface area contributed by atoms with Crippen molar-refractivity contribution in [3.05, 3.63) is 145 Å². The fourth-order valence-corrected chi connectivity index (χ4v) is 11.3. The van der Waals surface area contributed by atoms with Gasteiger partial charge in [0.25, 0.3) is 0 Å². The summed E-state index contributed by atoms with van der Waals surface area (Å²) in [7, 11) is -0.748. The van der Waals surface area contributed by atoms with Crippen LogP contribution in [0.1, 0.15) is 57.5 Å². The monoisotopic (exact) mass is 954 g/mol. The third kappa shape index (κ3) is 11.4. The number of fused-ring (bicyclic) bond motifs is 3. The molecule has 0 saturated carbocycles. The average molecular weight is 954 g/mol. The van der Waals surface area contributed by atoms with E-state index in [-0.39, 0.29) is 41.1 Å². The van der Waals surface area contributed by atoms with Crippen LogP contribution in [0.3, 0.4) is 0 Å². The van der Waals surface area contributed by atoms with Crippen LogP contribution in [-0.4, -0.2) is 103 Å². The van der Waals surface area contributed by atoms with Gasteiger partial charge in [0.1, 0.15) is 0 Å². The van der Waals surface area contributed by atoms with Gasteiger partial charge in [0.05, 0.1) is 13.7 Å². The molecule has 0 amide bonds. The number of hydrogen-bond donors (Lipinski definition) is 0. The van der Waals surface area contributed by atoms with Gasteiger partial charge in [0, 0.05) is 0 Å². The van der Waals surface area contributed by atoms with Crippen molar-refractivity contribution in [1.29, 1.82) is 0 Å². The molecular formula is C52H62O10SeSi. The van der Waals surface area contributed by atoms with Crippen molar-refractivity contribution in [3.63, 3.8) is 0 Å². The second-order valence-electron chi connectivity index (χ2n) is 18.3. The number of rotatable bonds is 14. The quantitative estimate of drug-likeness (QED) is 0.0693. The normalized spacial score (nSPS) is 29.2. The summed E-state index contributed by atoms with van der Waals surface area (Å²) in [5.74, 6) is 0.759. The molecule has 0 N–H and O–H groups in total. The van der Waals surface area contributed by atoms with Crippen molar-refractivity contribution in [2.75, 3.05) is 20.3 Å². The molecule has 10 nitrogen and oxygen atoms in total. The molecule has 0 bridgehead atoms. The Hall–Kier alpha value is -3.91. The van der Waals surface area contributed by atoms with E-state index in [0.717, 1.165) is 26.7 Å². The third-order valence-electron chi connectivity index (χ3n) is 12.9. The topological polar surface area (TPSA) is 100 Å². The molecule has 0 aliphatic carbocycles.